The molecule has 1 aromatic rings. The minimum Gasteiger partial charge on any atom is -0.339 e. The van der Waals surface area contributed by atoms with Gasteiger partial charge in [0, 0.05) is 26.1 Å². The number of nitrogens with zero attached hydrogens (tertiary/aromatic N) is 1. The standard InChI is InChI=1S/C14H19N3O2/c15-8-7-13(18)16-12-6-2-1-5-11(12)14(19)17-9-3-4-10-17/h1-2,5-6H,3-4,7-10,15H2,(H,16,18). The summed E-state index contributed by atoms with van der Waals surface area (Å²) >= 11 is 0. The zero-order chi connectivity index (χ0) is 13.7. The fraction of sp³-hybridized carbons (Fsp3) is 0.429. The summed E-state index contributed by atoms with van der Waals surface area (Å²) in [4.78, 5) is 25.8. The smallest absolute Gasteiger partial charge is 0.255 e. The first kappa shape index (κ1) is 13.5. The summed E-state index contributed by atoms with van der Waals surface area (Å²) in [5, 5.41) is 2.75. The van der Waals surface area contributed by atoms with Crippen molar-refractivity contribution >= 4 is 17.5 Å². The van der Waals surface area contributed by atoms with Crippen LogP contribution in [0, 0.1) is 0 Å². The van der Waals surface area contributed by atoms with Crippen molar-refractivity contribution in [3.63, 3.8) is 0 Å². The van der Waals surface area contributed by atoms with Gasteiger partial charge in [0.2, 0.25) is 5.91 Å². The fourth-order valence-electron chi connectivity index (χ4n) is 2.21. The van der Waals surface area contributed by atoms with E-state index >= 15 is 0 Å². The Bertz CT molecular complexity index is 468. The van der Waals surface area contributed by atoms with Gasteiger partial charge in [-0.25, -0.2) is 0 Å². The van der Waals surface area contributed by atoms with Gasteiger partial charge < -0.3 is 16.0 Å². The van der Waals surface area contributed by atoms with Crippen LogP contribution in [0.4, 0.5) is 5.69 Å². The monoisotopic (exact) mass is 261 g/mol. The van der Waals surface area contributed by atoms with Crippen molar-refractivity contribution in [2.24, 2.45) is 5.73 Å². The third-order valence-electron chi connectivity index (χ3n) is 3.20. The van der Waals surface area contributed by atoms with Gasteiger partial charge in [-0.1, -0.05) is 12.1 Å². The summed E-state index contributed by atoms with van der Waals surface area (Å²) in [5.74, 6) is -0.176. The van der Waals surface area contributed by atoms with Crippen LogP contribution in [-0.2, 0) is 4.79 Å². The Labute approximate surface area is 112 Å². The molecule has 0 saturated carbocycles. The van der Waals surface area contributed by atoms with Gasteiger partial charge >= 0.3 is 0 Å². The Kier molecular flexibility index (Phi) is 4.52. The Hall–Kier alpha value is -1.88. The lowest BCUT2D eigenvalue weighted by Crippen LogP contribution is -2.29. The maximum absolute atomic E-state index is 12.4. The maximum Gasteiger partial charge on any atom is 0.255 e. The highest BCUT2D eigenvalue weighted by Crippen LogP contribution is 2.20. The molecule has 0 radical (unpaired) electrons. The van der Waals surface area contributed by atoms with E-state index in [9.17, 15) is 9.59 Å². The molecule has 0 bridgehead atoms. The number of para-hydroxylation sites is 1. The number of nitrogens with one attached hydrogen (secondary N) is 1. The van der Waals surface area contributed by atoms with Crippen LogP contribution < -0.4 is 11.1 Å². The molecule has 1 aliphatic rings. The number of hydrogen-bond acceptors (Lipinski definition) is 3. The number of hydrogen-bond donors (Lipinski definition) is 2. The molecular weight excluding hydrogens is 242 g/mol. The molecule has 0 aliphatic carbocycles. The van der Waals surface area contributed by atoms with Crippen LogP contribution in [0.25, 0.3) is 0 Å². The van der Waals surface area contributed by atoms with Crippen molar-refractivity contribution in [1.29, 1.82) is 0 Å². The van der Waals surface area contributed by atoms with E-state index in [1.165, 1.54) is 0 Å². The second kappa shape index (κ2) is 6.33. The van der Waals surface area contributed by atoms with E-state index in [1.807, 2.05) is 11.0 Å². The number of amides is 2. The fourth-order valence-corrected chi connectivity index (χ4v) is 2.21. The second-order valence-electron chi connectivity index (χ2n) is 4.63. The van der Waals surface area contributed by atoms with E-state index in [4.69, 9.17) is 5.73 Å². The number of nitrogens with two attached hydrogens (primary N) is 1. The van der Waals surface area contributed by atoms with Crippen LogP contribution in [0.3, 0.4) is 0 Å². The summed E-state index contributed by atoms with van der Waals surface area (Å²) in [7, 11) is 0. The van der Waals surface area contributed by atoms with Gasteiger partial charge in [0.05, 0.1) is 11.3 Å². The molecule has 2 amide bonds. The first-order valence-electron chi connectivity index (χ1n) is 6.60. The summed E-state index contributed by atoms with van der Waals surface area (Å²) in [6.45, 7) is 1.89. The first-order valence-corrected chi connectivity index (χ1v) is 6.60. The molecule has 1 fully saturated rings. The van der Waals surface area contributed by atoms with E-state index in [0.29, 0.717) is 17.8 Å². The second-order valence-corrected chi connectivity index (χ2v) is 4.63. The Morgan fingerprint density at radius 1 is 1.21 bits per heavy atom. The average Bonchev–Trinajstić information content (AvgIpc) is 2.93. The largest absolute Gasteiger partial charge is 0.339 e. The van der Waals surface area contributed by atoms with E-state index in [1.54, 1.807) is 18.2 Å². The number of rotatable bonds is 4. The molecule has 1 aliphatic heterocycles. The minimum atomic E-state index is -0.163. The molecule has 1 aromatic carbocycles. The van der Waals surface area contributed by atoms with Gasteiger partial charge in [0.25, 0.3) is 5.91 Å². The van der Waals surface area contributed by atoms with Crippen molar-refractivity contribution in [1.82, 2.24) is 4.90 Å². The van der Waals surface area contributed by atoms with Gasteiger partial charge in [0.1, 0.15) is 0 Å². The first-order chi connectivity index (χ1) is 9.22. The van der Waals surface area contributed by atoms with Crippen LogP contribution in [0.15, 0.2) is 24.3 Å². The van der Waals surface area contributed by atoms with Gasteiger partial charge in [0.15, 0.2) is 0 Å². The molecule has 1 heterocycles. The van der Waals surface area contributed by atoms with Crippen molar-refractivity contribution in [2.75, 3.05) is 25.0 Å². The molecule has 5 nitrogen and oxygen atoms in total. The highest BCUT2D eigenvalue weighted by atomic mass is 16.2. The summed E-state index contributed by atoms with van der Waals surface area (Å²) in [6.07, 6.45) is 2.35. The maximum atomic E-state index is 12.4. The lowest BCUT2D eigenvalue weighted by atomic mass is 10.1. The van der Waals surface area contributed by atoms with Gasteiger partial charge in [-0.15, -0.1) is 0 Å². The molecule has 0 spiro atoms. The number of benzene rings is 1. The molecule has 19 heavy (non-hydrogen) atoms. The Morgan fingerprint density at radius 3 is 2.58 bits per heavy atom. The molecule has 0 aromatic heterocycles. The average molecular weight is 261 g/mol. The molecular formula is C14H19N3O2. The predicted molar refractivity (Wildman–Crippen MR) is 73.9 cm³/mol. The van der Waals surface area contributed by atoms with Crippen LogP contribution in [0.5, 0.6) is 0 Å². The molecule has 102 valence electrons. The van der Waals surface area contributed by atoms with Gasteiger partial charge in [-0.2, -0.15) is 0 Å². The van der Waals surface area contributed by atoms with Crippen molar-refractivity contribution in [2.45, 2.75) is 19.3 Å². The summed E-state index contributed by atoms with van der Waals surface area (Å²) < 4.78 is 0. The molecule has 5 heteroatoms. The van der Waals surface area contributed by atoms with Crippen LogP contribution in [-0.4, -0.2) is 36.3 Å². The van der Waals surface area contributed by atoms with Gasteiger partial charge in [-0.05, 0) is 25.0 Å². The van der Waals surface area contributed by atoms with Crippen LogP contribution in [0.1, 0.15) is 29.6 Å². The van der Waals surface area contributed by atoms with E-state index in [0.717, 1.165) is 25.9 Å². The molecule has 2 rings (SSSR count). The zero-order valence-corrected chi connectivity index (χ0v) is 10.9. The normalized spacial score (nSPS) is 14.5. The van der Waals surface area contributed by atoms with Crippen LogP contribution in [0.2, 0.25) is 0 Å². The molecule has 0 unspecified atom stereocenters. The van der Waals surface area contributed by atoms with E-state index in [-0.39, 0.29) is 18.2 Å². The number of carbonyl (C=O) groups is 2. The third-order valence-corrected chi connectivity index (χ3v) is 3.20. The van der Waals surface area contributed by atoms with E-state index < -0.39 is 0 Å². The highest BCUT2D eigenvalue weighted by Gasteiger charge is 2.21. The summed E-state index contributed by atoms with van der Waals surface area (Å²) in [5.41, 5.74) is 6.46. The lowest BCUT2D eigenvalue weighted by molar-refractivity contribution is -0.116. The topological polar surface area (TPSA) is 75.4 Å². The zero-order valence-electron chi connectivity index (χ0n) is 10.9. The van der Waals surface area contributed by atoms with Crippen molar-refractivity contribution < 1.29 is 9.59 Å². The van der Waals surface area contributed by atoms with Crippen LogP contribution >= 0.6 is 0 Å². The lowest BCUT2D eigenvalue weighted by Gasteiger charge is -2.17. The quantitative estimate of drug-likeness (QED) is 0.855. The van der Waals surface area contributed by atoms with Crippen molar-refractivity contribution in [3.8, 4) is 0 Å². The highest BCUT2D eigenvalue weighted by molar-refractivity contribution is 6.03. The predicted octanol–water partition coefficient (Wildman–Crippen LogP) is 1.21. The Morgan fingerprint density at radius 2 is 1.89 bits per heavy atom. The van der Waals surface area contributed by atoms with E-state index in [2.05, 4.69) is 5.32 Å². The van der Waals surface area contributed by atoms with Gasteiger partial charge in [-0.3, -0.25) is 9.59 Å². The number of carbonyl (C=O) groups excluding carboxylic acids is 2. The Balaban J connectivity index is 2.15. The third kappa shape index (κ3) is 3.32. The minimum absolute atomic E-state index is 0.0128. The SMILES string of the molecule is NCCC(=O)Nc1ccccc1C(=O)N1CCCC1. The molecule has 1 saturated heterocycles. The molecule has 3 N–H and O–H groups in total. The summed E-state index contributed by atoms with van der Waals surface area (Å²) in [6, 6.07) is 7.11. The number of likely N-dealkylation sites (tertiary alicyclic amines) is 1. The number of anilines is 1. The molecule has 0 atom stereocenters. The van der Waals surface area contributed by atoms with Crippen molar-refractivity contribution in [3.05, 3.63) is 29.8 Å².